The van der Waals surface area contributed by atoms with E-state index in [0.29, 0.717) is 46.1 Å². The van der Waals surface area contributed by atoms with Crippen LogP contribution in [-0.2, 0) is 38.4 Å². The molecule has 7 N–H and O–H groups in total. The van der Waals surface area contributed by atoms with Crippen molar-refractivity contribution in [2.45, 2.75) is 143 Å². The molecule has 4 aromatic carbocycles. The number of aryl methyl sites for hydroxylation is 2. The van der Waals surface area contributed by atoms with Crippen molar-refractivity contribution in [1.29, 1.82) is 0 Å². The van der Waals surface area contributed by atoms with Gasteiger partial charge in [0.25, 0.3) is 5.91 Å². The third kappa shape index (κ3) is 15.9. The van der Waals surface area contributed by atoms with Gasteiger partial charge in [-0.25, -0.2) is 4.98 Å². The van der Waals surface area contributed by atoms with Crippen LogP contribution in [0.2, 0.25) is 0 Å². The number of amides is 5. The third-order valence-electron chi connectivity index (χ3n) is 14.7. The van der Waals surface area contributed by atoms with Crippen molar-refractivity contribution >= 4 is 74.9 Å². The second kappa shape index (κ2) is 26.8. The molecular weight excluding hydrogens is 1090 g/mol. The number of halogens is 3. The molecule has 1 fully saturated rings. The smallest absolute Gasteiger partial charge is 0.399 e. The fourth-order valence-corrected chi connectivity index (χ4v) is 10.9. The first-order valence-electron chi connectivity index (χ1n) is 27.8. The summed E-state index contributed by atoms with van der Waals surface area (Å²) in [6.07, 6.45) is 4.57. The summed E-state index contributed by atoms with van der Waals surface area (Å²) >= 11 is 1.56. The Labute approximate surface area is 483 Å². The molecule has 0 saturated carbocycles. The number of hydrogen-bond acceptors (Lipinski definition) is 12. The molecule has 4 heterocycles. The Morgan fingerprint density at radius 2 is 1.47 bits per heavy atom. The van der Waals surface area contributed by atoms with E-state index in [0.717, 1.165) is 66.3 Å². The molecule has 1 aliphatic heterocycles. The number of carbonyl (C=O) groups excluding carboxylic acids is 6. The first kappa shape index (κ1) is 60.8. The molecule has 0 bridgehead atoms. The van der Waals surface area contributed by atoms with E-state index in [9.17, 15) is 47.0 Å². The Bertz CT molecular complexity index is 3460. The van der Waals surface area contributed by atoms with Crippen molar-refractivity contribution in [2.24, 2.45) is 5.41 Å². The Kier molecular flexibility index (Phi) is 19.6. The van der Waals surface area contributed by atoms with Gasteiger partial charge in [0.15, 0.2) is 5.82 Å². The summed E-state index contributed by atoms with van der Waals surface area (Å²) in [5.41, 5.74) is 11.5. The summed E-state index contributed by atoms with van der Waals surface area (Å²) in [7, 11) is 0. The number of nitrogen functional groups attached to an aromatic ring is 1. The summed E-state index contributed by atoms with van der Waals surface area (Å²) < 4.78 is 43.1. The topological polar surface area (TPSA) is 249 Å². The van der Waals surface area contributed by atoms with Crippen molar-refractivity contribution in [3.05, 3.63) is 131 Å². The molecule has 18 nitrogen and oxygen atoms in total. The number of nitrogens with two attached hydrogens (primary N) is 1. The van der Waals surface area contributed by atoms with Gasteiger partial charge in [-0.2, -0.15) is 23.0 Å². The fourth-order valence-electron chi connectivity index (χ4n) is 10.1. The number of carbonyl (C=O) groups is 6. The molecule has 0 spiro atoms. The van der Waals surface area contributed by atoms with Crippen LogP contribution >= 0.6 is 11.3 Å². The van der Waals surface area contributed by atoms with Crippen molar-refractivity contribution in [3.8, 4) is 21.6 Å². The van der Waals surface area contributed by atoms with E-state index in [1.54, 1.807) is 65.5 Å². The largest absolute Gasteiger partial charge is 0.416 e. The van der Waals surface area contributed by atoms with Gasteiger partial charge in [0.05, 0.1) is 39.5 Å². The minimum absolute atomic E-state index is 0.00289. The van der Waals surface area contributed by atoms with Crippen molar-refractivity contribution in [1.82, 2.24) is 40.1 Å². The van der Waals surface area contributed by atoms with Crippen molar-refractivity contribution in [3.63, 3.8) is 0 Å². The maximum absolute atomic E-state index is 14.1. The average molecular weight is 1160 g/mol. The lowest BCUT2D eigenvalue weighted by Gasteiger charge is -2.35. The molecule has 3 aromatic heterocycles. The third-order valence-corrected chi connectivity index (χ3v) is 15.7. The zero-order valence-electron chi connectivity index (χ0n) is 47.1. The van der Waals surface area contributed by atoms with Crippen LogP contribution in [-0.4, -0.2) is 94.7 Å². The van der Waals surface area contributed by atoms with E-state index in [4.69, 9.17) is 5.73 Å². The van der Waals surface area contributed by atoms with E-state index >= 15 is 0 Å². The first-order chi connectivity index (χ1) is 39.5. The van der Waals surface area contributed by atoms with E-state index in [-0.39, 0.29) is 73.7 Å². The molecule has 8 rings (SSSR count). The highest BCUT2D eigenvalue weighted by atomic mass is 32.1. The molecule has 0 radical (unpaired) electrons. The van der Waals surface area contributed by atoms with Crippen LogP contribution < -0.4 is 27.0 Å². The molecule has 3 atom stereocenters. The van der Waals surface area contributed by atoms with Gasteiger partial charge in [-0.1, -0.05) is 95.7 Å². The summed E-state index contributed by atoms with van der Waals surface area (Å²) in [4.78, 5) is 87.9. The number of fused-ring (bicyclic) bond motifs is 1. The SMILES string of the molecule is Cc1ccc(NC(=O)Cn2cc(-c3ccc4c(NC(=O)c5ccc(N)cc5)nn(C(=O)CCCCCCCCCCC(=O)NC(C(=O)N5CC(O)CC5C(=O)NCc5ccc(-c6scnc6C)cc5)C(C)(C)C)c4c3)cn2)cc1C(F)(F)F. The molecule has 438 valence electrons. The molecule has 7 aromatic rings. The molecule has 1 aliphatic rings. The lowest BCUT2D eigenvalue weighted by atomic mass is 9.85. The predicted octanol–water partition coefficient (Wildman–Crippen LogP) is 10.5. The summed E-state index contributed by atoms with van der Waals surface area (Å²) in [5.74, 6) is -2.19. The van der Waals surface area contributed by atoms with Crippen LogP contribution in [0, 0.1) is 19.3 Å². The second-order valence-electron chi connectivity index (χ2n) is 22.2. The predicted molar refractivity (Wildman–Crippen MR) is 313 cm³/mol. The molecule has 0 aliphatic carbocycles. The number of nitrogens with zero attached hydrogens (tertiary/aromatic N) is 6. The summed E-state index contributed by atoms with van der Waals surface area (Å²) in [6, 6.07) is 21.2. The van der Waals surface area contributed by atoms with Gasteiger partial charge in [-0.15, -0.1) is 16.4 Å². The Morgan fingerprint density at radius 3 is 2.13 bits per heavy atom. The van der Waals surface area contributed by atoms with Crippen LogP contribution in [0.1, 0.15) is 129 Å². The van der Waals surface area contributed by atoms with Gasteiger partial charge < -0.3 is 37.0 Å². The molecule has 83 heavy (non-hydrogen) atoms. The fraction of sp³-hybridized carbons (Fsp3) is 0.393. The van der Waals surface area contributed by atoms with Gasteiger partial charge in [0, 0.05) is 66.4 Å². The number of β-amino-alcohol motifs (C(OH)–C–C–N with tert-alkyl or cyclic N) is 1. The number of aromatic nitrogens is 5. The molecule has 1 saturated heterocycles. The summed E-state index contributed by atoms with van der Waals surface area (Å²) in [5, 5.41) is 31.2. The number of aliphatic hydroxyl groups is 1. The molecule has 22 heteroatoms. The summed E-state index contributed by atoms with van der Waals surface area (Å²) in [6.45, 7) is 8.82. The van der Waals surface area contributed by atoms with Crippen LogP contribution in [0.4, 0.5) is 30.4 Å². The van der Waals surface area contributed by atoms with E-state index in [1.807, 2.05) is 52.0 Å². The van der Waals surface area contributed by atoms with E-state index in [2.05, 4.69) is 36.4 Å². The van der Waals surface area contributed by atoms with E-state index < -0.39 is 53.1 Å². The van der Waals surface area contributed by atoms with Crippen LogP contribution in [0.15, 0.2) is 103 Å². The zero-order valence-corrected chi connectivity index (χ0v) is 48.0. The molecule has 5 amide bonds. The van der Waals surface area contributed by atoms with E-state index in [1.165, 1.54) is 39.5 Å². The lowest BCUT2D eigenvalue weighted by molar-refractivity contribution is -0.144. The minimum atomic E-state index is -4.58. The van der Waals surface area contributed by atoms with Gasteiger partial charge in [-0.05, 0) is 103 Å². The van der Waals surface area contributed by atoms with Crippen molar-refractivity contribution < 1.29 is 47.0 Å². The molecule has 3 unspecified atom stereocenters. The maximum atomic E-state index is 14.1. The average Bonchev–Trinajstić information content (AvgIpc) is 3.06. The highest BCUT2D eigenvalue weighted by Gasteiger charge is 2.44. The Morgan fingerprint density at radius 1 is 0.795 bits per heavy atom. The van der Waals surface area contributed by atoms with Crippen molar-refractivity contribution in [2.75, 3.05) is 22.9 Å². The van der Waals surface area contributed by atoms with Gasteiger partial charge in [-0.3, -0.25) is 33.4 Å². The number of anilines is 3. The van der Waals surface area contributed by atoms with Gasteiger partial charge in [0.2, 0.25) is 29.5 Å². The minimum Gasteiger partial charge on any atom is -0.399 e. The standard InChI is InChI=1S/C61H70F3N11O7S/c1-37-16-26-45(29-48(37)61(62,63)64)69-52(78)35-73-33-43(32-68-73)42-23-27-47-49(28-42)75(72-56(47)71-57(80)41-21-24-44(65)25-22-41)53(79)15-13-11-9-7-6-8-10-12-14-51(77)70-55(60(3,4)5)59(82)74-34-46(76)30-50(74)58(81)66-31-39-17-19-40(20-18-39)54-38(2)67-36-83-54/h16-29,32-33,36,46,50,55,76H,6-15,30-31,34-35,65H2,1-5H3,(H,66,81)(H,69,78)(H,70,77)(H,71,72,80). The number of rotatable bonds is 23. The number of alkyl halides is 3. The molecular formula is C61H70F3N11O7S. The number of aliphatic hydroxyl groups excluding tert-OH is 1. The number of likely N-dealkylation sites (tertiary alicyclic amines) is 1. The van der Waals surface area contributed by atoms with Gasteiger partial charge in [0.1, 0.15) is 18.6 Å². The van der Waals surface area contributed by atoms with Crippen LogP contribution in [0.25, 0.3) is 32.5 Å². The quantitative estimate of drug-likeness (QED) is 0.0260. The second-order valence-corrected chi connectivity index (χ2v) is 23.1. The monoisotopic (exact) mass is 1160 g/mol. The zero-order chi connectivity index (χ0) is 59.6. The normalized spacial score (nSPS) is 14.8. The number of nitrogens with one attached hydrogen (secondary N) is 4. The Hall–Kier alpha value is -8.24. The first-order valence-corrected chi connectivity index (χ1v) is 28.7. The van der Waals surface area contributed by atoms with Crippen LogP contribution in [0.3, 0.4) is 0 Å². The lowest BCUT2D eigenvalue weighted by Crippen LogP contribution is -2.57. The van der Waals surface area contributed by atoms with Crippen LogP contribution in [0.5, 0.6) is 0 Å². The maximum Gasteiger partial charge on any atom is 0.416 e. The van der Waals surface area contributed by atoms with Gasteiger partial charge >= 0.3 is 6.18 Å². The highest BCUT2D eigenvalue weighted by molar-refractivity contribution is 7.13. The number of unbranched alkanes of at least 4 members (excludes halogenated alkanes) is 7. The number of benzene rings is 4. The Balaban J connectivity index is 0.790. The number of thiazole rings is 1. The highest BCUT2D eigenvalue weighted by Crippen LogP contribution is 2.35. The number of hydrogen-bond donors (Lipinski definition) is 6.